The van der Waals surface area contributed by atoms with Crippen molar-refractivity contribution in [2.45, 2.75) is 19.4 Å². The number of carboxylic acids is 1. The highest BCUT2D eigenvalue weighted by Gasteiger charge is 2.11. The first-order valence-electron chi connectivity index (χ1n) is 6.33. The Morgan fingerprint density at radius 1 is 1.37 bits per heavy atom. The number of rotatable bonds is 6. The molecule has 102 valence electrons. The first-order chi connectivity index (χ1) is 9.17. The molecule has 5 nitrogen and oxygen atoms in total. The molecule has 2 rings (SSSR count). The number of hydrogen-bond donors (Lipinski definition) is 3. The second-order valence-electron chi connectivity index (χ2n) is 4.50. The van der Waals surface area contributed by atoms with E-state index in [0.717, 1.165) is 16.5 Å². The van der Waals surface area contributed by atoms with Crippen LogP contribution in [0.1, 0.15) is 22.3 Å². The van der Waals surface area contributed by atoms with E-state index in [0.29, 0.717) is 25.9 Å². The van der Waals surface area contributed by atoms with Crippen molar-refractivity contribution in [3.8, 4) is 0 Å². The molecule has 0 spiro atoms. The van der Waals surface area contributed by atoms with E-state index in [2.05, 4.69) is 0 Å². The number of aromatic nitrogens is 1. The Morgan fingerprint density at radius 3 is 2.79 bits per heavy atom. The number of carbonyl (C=O) groups is 1. The monoisotopic (exact) mass is 262 g/mol. The van der Waals surface area contributed by atoms with Crippen LogP contribution in [0.25, 0.3) is 10.9 Å². The molecule has 0 aliphatic heterocycles. The second kappa shape index (κ2) is 5.86. The summed E-state index contributed by atoms with van der Waals surface area (Å²) < 4.78 is 2.04. The molecule has 1 heterocycles. The average Bonchev–Trinajstić information content (AvgIpc) is 2.74. The Labute approximate surface area is 111 Å². The number of nitrogens with two attached hydrogens (primary N) is 1. The van der Waals surface area contributed by atoms with Crippen LogP contribution in [0.3, 0.4) is 0 Å². The summed E-state index contributed by atoms with van der Waals surface area (Å²) in [4.78, 5) is 11.0. The van der Waals surface area contributed by atoms with Crippen LogP contribution in [-0.4, -0.2) is 33.9 Å². The Morgan fingerprint density at radius 2 is 2.16 bits per heavy atom. The standard InChI is InChI=1S/C14H18N2O3/c15-5-4-11-9-16(6-1-7-17)13-3-2-10(14(18)19)8-12(11)13/h2-3,8-9,17H,1,4-7,15H2,(H,18,19). The minimum Gasteiger partial charge on any atom is -0.478 e. The van der Waals surface area contributed by atoms with Gasteiger partial charge in [-0.2, -0.15) is 0 Å². The number of benzene rings is 1. The predicted molar refractivity (Wildman–Crippen MR) is 73.4 cm³/mol. The van der Waals surface area contributed by atoms with E-state index in [4.69, 9.17) is 15.9 Å². The molecule has 1 aromatic carbocycles. The minimum atomic E-state index is -0.927. The molecule has 0 aliphatic carbocycles. The van der Waals surface area contributed by atoms with Gasteiger partial charge in [-0.3, -0.25) is 0 Å². The lowest BCUT2D eigenvalue weighted by atomic mass is 10.1. The van der Waals surface area contributed by atoms with Gasteiger partial charge in [0.25, 0.3) is 0 Å². The Balaban J connectivity index is 2.50. The molecule has 0 unspecified atom stereocenters. The highest BCUT2D eigenvalue weighted by Crippen LogP contribution is 2.23. The van der Waals surface area contributed by atoms with Crippen molar-refractivity contribution in [1.29, 1.82) is 0 Å². The third-order valence-electron chi connectivity index (χ3n) is 3.18. The number of carboxylic acid groups (broad SMARTS) is 1. The molecule has 2 aromatic rings. The third kappa shape index (κ3) is 2.77. The highest BCUT2D eigenvalue weighted by molar-refractivity contribution is 5.95. The molecule has 0 saturated heterocycles. The smallest absolute Gasteiger partial charge is 0.335 e. The zero-order valence-electron chi connectivity index (χ0n) is 10.7. The van der Waals surface area contributed by atoms with Gasteiger partial charge in [0.05, 0.1) is 5.56 Å². The van der Waals surface area contributed by atoms with Crippen LogP contribution >= 0.6 is 0 Å². The SMILES string of the molecule is NCCc1cn(CCCO)c2ccc(C(=O)O)cc12. The molecule has 0 radical (unpaired) electrons. The molecule has 5 heteroatoms. The van der Waals surface area contributed by atoms with Gasteiger partial charge in [-0.15, -0.1) is 0 Å². The molecule has 19 heavy (non-hydrogen) atoms. The van der Waals surface area contributed by atoms with Crippen LogP contribution in [0.15, 0.2) is 24.4 Å². The van der Waals surface area contributed by atoms with Gasteiger partial charge in [0, 0.05) is 30.3 Å². The van der Waals surface area contributed by atoms with E-state index in [9.17, 15) is 4.79 Å². The summed E-state index contributed by atoms with van der Waals surface area (Å²) in [5, 5.41) is 18.9. The first kappa shape index (κ1) is 13.6. The third-order valence-corrected chi connectivity index (χ3v) is 3.18. The van der Waals surface area contributed by atoms with E-state index >= 15 is 0 Å². The quantitative estimate of drug-likeness (QED) is 0.730. The Kier molecular flexibility index (Phi) is 4.19. The number of nitrogens with zero attached hydrogens (tertiary/aromatic N) is 1. The number of aryl methyl sites for hydroxylation is 1. The maximum atomic E-state index is 11.0. The van der Waals surface area contributed by atoms with Gasteiger partial charge in [0.2, 0.25) is 0 Å². The summed E-state index contributed by atoms with van der Waals surface area (Å²) in [5.74, 6) is -0.927. The fourth-order valence-corrected chi connectivity index (χ4v) is 2.28. The molecule has 1 aromatic heterocycles. The lowest BCUT2D eigenvalue weighted by Gasteiger charge is -2.03. The van der Waals surface area contributed by atoms with Crippen LogP contribution in [-0.2, 0) is 13.0 Å². The fraction of sp³-hybridized carbons (Fsp3) is 0.357. The first-order valence-corrected chi connectivity index (χ1v) is 6.33. The molecule has 0 aliphatic rings. The maximum absolute atomic E-state index is 11.0. The summed E-state index contributed by atoms with van der Waals surface area (Å²) in [6.45, 7) is 1.37. The molecule has 0 atom stereocenters. The molecule has 4 N–H and O–H groups in total. The zero-order valence-corrected chi connectivity index (χ0v) is 10.7. The summed E-state index contributed by atoms with van der Waals surface area (Å²) in [6.07, 6.45) is 3.39. The molecule has 0 bridgehead atoms. The largest absolute Gasteiger partial charge is 0.478 e. The van der Waals surface area contributed by atoms with Gasteiger partial charge in [-0.05, 0) is 43.1 Å². The van der Waals surface area contributed by atoms with Gasteiger partial charge in [0.15, 0.2) is 0 Å². The topological polar surface area (TPSA) is 88.5 Å². The fourth-order valence-electron chi connectivity index (χ4n) is 2.28. The van der Waals surface area contributed by atoms with E-state index < -0.39 is 5.97 Å². The van der Waals surface area contributed by atoms with Crippen molar-refractivity contribution in [2.75, 3.05) is 13.2 Å². The van der Waals surface area contributed by atoms with Crippen molar-refractivity contribution in [2.24, 2.45) is 5.73 Å². The van der Waals surface area contributed by atoms with Crippen LogP contribution < -0.4 is 5.73 Å². The normalized spacial score (nSPS) is 11.1. The minimum absolute atomic E-state index is 0.138. The number of aromatic carboxylic acids is 1. The van der Waals surface area contributed by atoms with Gasteiger partial charge in [0.1, 0.15) is 0 Å². The van der Waals surface area contributed by atoms with Crippen LogP contribution in [0.4, 0.5) is 0 Å². The lowest BCUT2D eigenvalue weighted by molar-refractivity contribution is 0.0697. The van der Waals surface area contributed by atoms with E-state index in [1.807, 2.05) is 16.8 Å². The molecular weight excluding hydrogens is 244 g/mol. The Bertz CT molecular complexity index is 590. The van der Waals surface area contributed by atoms with Gasteiger partial charge in [-0.25, -0.2) is 4.79 Å². The number of hydrogen-bond acceptors (Lipinski definition) is 3. The lowest BCUT2D eigenvalue weighted by Crippen LogP contribution is -2.02. The van der Waals surface area contributed by atoms with Gasteiger partial charge in [-0.1, -0.05) is 0 Å². The number of aliphatic hydroxyl groups is 1. The predicted octanol–water partition coefficient (Wildman–Crippen LogP) is 1.22. The van der Waals surface area contributed by atoms with E-state index in [1.165, 1.54) is 0 Å². The summed E-state index contributed by atoms with van der Waals surface area (Å²) in [5.41, 5.74) is 7.92. The number of fused-ring (bicyclic) bond motifs is 1. The highest BCUT2D eigenvalue weighted by atomic mass is 16.4. The number of aliphatic hydroxyl groups excluding tert-OH is 1. The molecule has 0 fully saturated rings. The Hall–Kier alpha value is -1.85. The average molecular weight is 262 g/mol. The van der Waals surface area contributed by atoms with Crippen molar-refractivity contribution in [3.63, 3.8) is 0 Å². The van der Waals surface area contributed by atoms with E-state index in [-0.39, 0.29) is 12.2 Å². The van der Waals surface area contributed by atoms with E-state index in [1.54, 1.807) is 12.1 Å². The summed E-state index contributed by atoms with van der Waals surface area (Å²) in [7, 11) is 0. The van der Waals surface area contributed by atoms with Crippen LogP contribution in [0.2, 0.25) is 0 Å². The van der Waals surface area contributed by atoms with Crippen molar-refractivity contribution in [3.05, 3.63) is 35.5 Å². The van der Waals surface area contributed by atoms with Gasteiger partial charge < -0.3 is 20.5 Å². The van der Waals surface area contributed by atoms with Crippen LogP contribution in [0.5, 0.6) is 0 Å². The molecular formula is C14H18N2O3. The van der Waals surface area contributed by atoms with Gasteiger partial charge >= 0.3 is 5.97 Å². The maximum Gasteiger partial charge on any atom is 0.335 e. The van der Waals surface area contributed by atoms with Crippen LogP contribution in [0, 0.1) is 0 Å². The summed E-state index contributed by atoms with van der Waals surface area (Å²) in [6, 6.07) is 5.11. The van der Waals surface area contributed by atoms with Crippen molar-refractivity contribution >= 4 is 16.9 Å². The summed E-state index contributed by atoms with van der Waals surface area (Å²) >= 11 is 0. The molecule has 0 amide bonds. The van der Waals surface area contributed by atoms with Crippen molar-refractivity contribution < 1.29 is 15.0 Å². The molecule has 0 saturated carbocycles. The van der Waals surface area contributed by atoms with Crippen molar-refractivity contribution in [1.82, 2.24) is 4.57 Å². The zero-order chi connectivity index (χ0) is 13.8. The second-order valence-corrected chi connectivity index (χ2v) is 4.50.